The highest BCUT2D eigenvalue weighted by atomic mass is 32.2. The number of hydrogen-bond donors (Lipinski definition) is 4. The number of hydrogen-bond acceptors (Lipinski definition) is 9. The summed E-state index contributed by atoms with van der Waals surface area (Å²) in [5.74, 6) is -4.94. The maximum atomic E-state index is 14.7. The van der Waals surface area contributed by atoms with Gasteiger partial charge in [-0.05, 0) is 82.1 Å². The molecule has 0 aromatic heterocycles. The molecular formula is C46H66N6O9S. The van der Waals surface area contributed by atoms with Crippen LogP contribution in [0.15, 0.2) is 59.5 Å². The summed E-state index contributed by atoms with van der Waals surface area (Å²) >= 11 is 0. The van der Waals surface area contributed by atoms with E-state index in [2.05, 4.69) is 20.7 Å². The third-order valence-electron chi connectivity index (χ3n) is 11.5. The van der Waals surface area contributed by atoms with Gasteiger partial charge in [-0.15, -0.1) is 0 Å². The number of sulfonamides is 1. The number of Topliss-reactive ketones (excluding diaryl/α,β-unsaturated/α-hetero) is 3. The molecule has 1 saturated heterocycles. The molecule has 1 heterocycles. The summed E-state index contributed by atoms with van der Waals surface area (Å²) in [6.45, 7) is 9.05. The summed E-state index contributed by atoms with van der Waals surface area (Å²) < 4.78 is 30.0. The van der Waals surface area contributed by atoms with Gasteiger partial charge in [0.15, 0.2) is 11.6 Å². The summed E-state index contributed by atoms with van der Waals surface area (Å²) in [5.41, 5.74) is 0.903. The van der Waals surface area contributed by atoms with Crippen molar-refractivity contribution in [3.63, 3.8) is 0 Å². The molecular weight excluding hydrogens is 813 g/mol. The highest BCUT2D eigenvalue weighted by Crippen LogP contribution is 2.31. The van der Waals surface area contributed by atoms with Crippen LogP contribution in [0.4, 0.5) is 4.79 Å². The van der Waals surface area contributed by atoms with Crippen molar-refractivity contribution in [1.29, 1.82) is 0 Å². The van der Waals surface area contributed by atoms with E-state index >= 15 is 0 Å². The normalized spacial score (nSPS) is 18.5. The van der Waals surface area contributed by atoms with Gasteiger partial charge < -0.3 is 25.8 Å². The number of nitrogens with zero attached hydrogens (tertiary/aromatic N) is 2. The number of ketones is 3. The van der Waals surface area contributed by atoms with Crippen molar-refractivity contribution >= 4 is 51.1 Å². The van der Waals surface area contributed by atoms with Crippen molar-refractivity contribution in [3.8, 4) is 0 Å². The van der Waals surface area contributed by atoms with Crippen molar-refractivity contribution in [2.45, 2.75) is 146 Å². The Morgan fingerprint density at radius 2 is 1.50 bits per heavy atom. The molecule has 2 aromatic carbocycles. The van der Waals surface area contributed by atoms with Crippen LogP contribution in [0.3, 0.4) is 0 Å². The van der Waals surface area contributed by atoms with Crippen molar-refractivity contribution in [2.75, 3.05) is 20.6 Å². The molecule has 1 aliphatic carbocycles. The largest absolute Gasteiger partial charge is 0.347 e. The molecule has 1 aliphatic heterocycles. The molecule has 1 saturated carbocycles. The lowest BCUT2D eigenvalue weighted by molar-refractivity contribution is -0.143. The first-order valence-electron chi connectivity index (χ1n) is 21.9. The van der Waals surface area contributed by atoms with Crippen LogP contribution < -0.4 is 20.7 Å². The predicted octanol–water partition coefficient (Wildman–Crippen LogP) is 4.78. The molecule has 340 valence electrons. The van der Waals surface area contributed by atoms with Gasteiger partial charge in [-0.3, -0.25) is 28.8 Å². The highest BCUT2D eigenvalue weighted by Gasteiger charge is 2.46. The van der Waals surface area contributed by atoms with Crippen molar-refractivity contribution in [1.82, 2.24) is 30.5 Å². The van der Waals surface area contributed by atoms with Crippen molar-refractivity contribution in [2.24, 2.45) is 11.8 Å². The predicted molar refractivity (Wildman–Crippen MR) is 235 cm³/mol. The van der Waals surface area contributed by atoms with E-state index in [0.717, 1.165) is 31.2 Å². The van der Waals surface area contributed by atoms with Crippen LogP contribution in [0.25, 0.3) is 0 Å². The lowest BCUT2D eigenvalue weighted by Gasteiger charge is -2.35. The van der Waals surface area contributed by atoms with Crippen LogP contribution in [-0.2, 0) is 45.2 Å². The van der Waals surface area contributed by atoms with Gasteiger partial charge in [0.2, 0.25) is 33.5 Å². The second-order valence-electron chi connectivity index (χ2n) is 17.9. The fourth-order valence-corrected chi connectivity index (χ4v) is 9.50. The van der Waals surface area contributed by atoms with Gasteiger partial charge in [-0.2, -0.15) is 0 Å². The van der Waals surface area contributed by atoms with Gasteiger partial charge in [0, 0.05) is 57.4 Å². The van der Waals surface area contributed by atoms with E-state index in [4.69, 9.17) is 0 Å². The van der Waals surface area contributed by atoms with Gasteiger partial charge in [-0.1, -0.05) is 82.0 Å². The van der Waals surface area contributed by atoms with Crippen LogP contribution in [0.2, 0.25) is 0 Å². The Morgan fingerprint density at radius 1 is 0.855 bits per heavy atom. The molecule has 2 aliphatic rings. The van der Waals surface area contributed by atoms with E-state index in [-0.39, 0.29) is 42.5 Å². The van der Waals surface area contributed by atoms with Crippen LogP contribution in [0.1, 0.15) is 122 Å². The topological polar surface area (TPSA) is 208 Å². The average Bonchev–Trinajstić information content (AvgIpc) is 3.66. The summed E-state index contributed by atoms with van der Waals surface area (Å²) in [6.07, 6.45) is 4.11. The lowest BCUT2D eigenvalue weighted by Crippen LogP contribution is -2.58. The monoisotopic (exact) mass is 878 g/mol. The number of carbonyl (C=O) groups is 7. The Balaban J connectivity index is 1.56. The molecule has 5 atom stereocenters. The first-order valence-corrected chi connectivity index (χ1v) is 23.4. The molecule has 62 heavy (non-hydrogen) atoms. The third-order valence-corrected chi connectivity index (χ3v) is 13.1. The van der Waals surface area contributed by atoms with Crippen molar-refractivity contribution in [3.05, 3.63) is 65.7 Å². The summed E-state index contributed by atoms with van der Waals surface area (Å²) in [7, 11) is -0.958. The second-order valence-corrected chi connectivity index (χ2v) is 19.6. The van der Waals surface area contributed by atoms with Crippen LogP contribution in [-0.4, -0.2) is 104 Å². The number of urea groups is 1. The minimum absolute atomic E-state index is 0.0311. The van der Waals surface area contributed by atoms with E-state index in [9.17, 15) is 42.0 Å². The Hall–Kier alpha value is -4.96. The maximum absolute atomic E-state index is 14.7. The molecule has 0 bridgehead atoms. The molecule has 2 aromatic rings. The number of rotatable bonds is 20. The third kappa shape index (κ3) is 14.0. The molecule has 15 nitrogen and oxygen atoms in total. The number of benzene rings is 2. The molecule has 0 radical (unpaired) electrons. The summed E-state index contributed by atoms with van der Waals surface area (Å²) in [5, 5.41) is 8.41. The number of likely N-dealkylation sites (N-methyl/N-ethyl adjacent to an activating group) is 1. The minimum atomic E-state index is -4.08. The quantitative estimate of drug-likeness (QED) is 0.135. The first kappa shape index (κ1) is 49.7. The SMILES string of the molecule is CCCC(CC(=O)C1CC(NS(=O)(=O)c2ccc(CC)cc2)CN1C(=O)[C@@H](NC(=O)NC(C)(C)C)C1CCCCC1)C(=O)C(=O)CCC(=O)NC(C(=O)N(C)C)c1ccccc1. The summed E-state index contributed by atoms with van der Waals surface area (Å²) in [4.78, 5) is 98.3. The lowest BCUT2D eigenvalue weighted by atomic mass is 9.83. The number of aryl methyl sites for hydroxylation is 1. The van der Waals surface area contributed by atoms with Gasteiger partial charge in [0.05, 0.1) is 10.9 Å². The Labute approximate surface area is 366 Å². The Bertz CT molecular complexity index is 2010. The number of amides is 5. The summed E-state index contributed by atoms with van der Waals surface area (Å²) in [6, 6.07) is 10.5. The van der Waals surface area contributed by atoms with Crippen LogP contribution in [0, 0.1) is 11.8 Å². The van der Waals surface area contributed by atoms with E-state index < -0.39 is 93.7 Å². The highest BCUT2D eigenvalue weighted by molar-refractivity contribution is 7.89. The number of carbonyl (C=O) groups excluding carboxylic acids is 7. The zero-order chi connectivity index (χ0) is 45.8. The Kier molecular flexibility index (Phi) is 18.0. The van der Waals surface area contributed by atoms with Crippen molar-refractivity contribution < 1.29 is 42.0 Å². The molecule has 16 heteroatoms. The molecule has 4 unspecified atom stereocenters. The molecule has 2 fully saturated rings. The standard InChI is InChI=1S/C46H66N6O9S/c1-8-16-33(42(56)37(53)25-26-39(55)47-40(43(57)51(6)7)31-17-12-10-13-18-31)27-38(54)36-28-34(50-62(60,61)35-23-21-30(9-2)22-24-35)29-52(36)44(58)41(32-19-14-11-15-20-32)48-45(59)49-46(3,4)5/h10,12-13,17-18,21-24,32-34,36,40-41,50H,8-9,11,14-16,19-20,25-29H2,1-7H3,(H,47,55)(H2,48,49,59)/t33?,34?,36?,40?,41-/m0/s1. The van der Waals surface area contributed by atoms with Gasteiger partial charge >= 0.3 is 6.03 Å². The van der Waals surface area contributed by atoms with E-state index in [1.165, 1.54) is 21.9 Å². The van der Waals surface area contributed by atoms with Crippen LogP contribution >= 0.6 is 0 Å². The zero-order valence-electron chi connectivity index (χ0n) is 37.3. The number of nitrogens with one attached hydrogen (secondary N) is 4. The molecule has 5 amide bonds. The fourth-order valence-electron chi connectivity index (χ4n) is 8.26. The Morgan fingerprint density at radius 3 is 2.08 bits per heavy atom. The average molecular weight is 879 g/mol. The smallest absolute Gasteiger partial charge is 0.315 e. The zero-order valence-corrected chi connectivity index (χ0v) is 38.1. The fraction of sp³-hybridized carbons (Fsp3) is 0.587. The second kappa shape index (κ2) is 22.4. The van der Waals surface area contributed by atoms with Gasteiger partial charge in [0.25, 0.3) is 0 Å². The minimum Gasteiger partial charge on any atom is -0.347 e. The van der Waals surface area contributed by atoms with E-state index in [1.807, 2.05) is 27.7 Å². The van der Waals surface area contributed by atoms with Gasteiger partial charge in [-0.25, -0.2) is 17.9 Å². The molecule has 4 rings (SSSR count). The number of likely N-dealkylation sites (tertiary alicyclic amines) is 1. The molecule has 4 N–H and O–H groups in total. The van der Waals surface area contributed by atoms with Crippen LogP contribution in [0.5, 0.6) is 0 Å². The van der Waals surface area contributed by atoms with Gasteiger partial charge in [0.1, 0.15) is 12.1 Å². The maximum Gasteiger partial charge on any atom is 0.315 e. The van der Waals surface area contributed by atoms with E-state index in [0.29, 0.717) is 24.8 Å². The molecule has 0 spiro atoms. The van der Waals surface area contributed by atoms with E-state index in [1.54, 1.807) is 63.5 Å². The first-order chi connectivity index (χ1) is 29.2.